The first-order valence-electron chi connectivity index (χ1n) is 7.01. The summed E-state index contributed by atoms with van der Waals surface area (Å²) in [6, 6.07) is 2.57. The third-order valence-corrected chi connectivity index (χ3v) is 5.90. The Morgan fingerprint density at radius 2 is 2.16 bits per heavy atom. The molecule has 0 bridgehead atoms. The number of carboxylic acids is 1. The van der Waals surface area contributed by atoms with E-state index in [1.807, 2.05) is 6.92 Å². The van der Waals surface area contributed by atoms with Crippen LogP contribution >= 0.6 is 11.3 Å². The van der Waals surface area contributed by atoms with Crippen molar-refractivity contribution in [3.05, 3.63) is 21.9 Å². The predicted octanol–water partition coefficient (Wildman–Crippen LogP) is 3.69. The van der Waals surface area contributed by atoms with Crippen molar-refractivity contribution >= 4 is 17.3 Å². The molecule has 19 heavy (non-hydrogen) atoms. The van der Waals surface area contributed by atoms with Gasteiger partial charge in [0, 0.05) is 10.9 Å². The first kappa shape index (κ1) is 14.5. The van der Waals surface area contributed by atoms with E-state index in [4.69, 9.17) is 0 Å². The Labute approximate surface area is 119 Å². The standard InChI is InChI=1S/C15H23NO2S/c1-4-15(14(17)18)6-8-16(9-7-15)12(3)13-11(2)5-10-19-13/h5,10,12H,4,6-9H2,1-3H3,(H,17,18). The minimum Gasteiger partial charge on any atom is -0.481 e. The zero-order valence-electron chi connectivity index (χ0n) is 12.0. The van der Waals surface area contributed by atoms with Gasteiger partial charge in [-0.1, -0.05) is 6.92 Å². The number of carboxylic acid groups (broad SMARTS) is 1. The lowest BCUT2D eigenvalue weighted by atomic mass is 9.76. The molecule has 0 aliphatic carbocycles. The highest BCUT2D eigenvalue weighted by Crippen LogP contribution is 2.38. The Hall–Kier alpha value is -0.870. The van der Waals surface area contributed by atoms with E-state index in [2.05, 4.69) is 30.2 Å². The fraction of sp³-hybridized carbons (Fsp3) is 0.667. The number of aliphatic carboxylic acids is 1. The fourth-order valence-electron chi connectivity index (χ4n) is 3.04. The molecule has 1 aromatic rings. The van der Waals surface area contributed by atoms with Gasteiger partial charge in [-0.15, -0.1) is 11.3 Å². The first-order valence-corrected chi connectivity index (χ1v) is 7.89. The van der Waals surface area contributed by atoms with Crippen molar-refractivity contribution in [3.63, 3.8) is 0 Å². The van der Waals surface area contributed by atoms with Crippen molar-refractivity contribution in [1.29, 1.82) is 0 Å². The van der Waals surface area contributed by atoms with E-state index < -0.39 is 11.4 Å². The monoisotopic (exact) mass is 281 g/mol. The molecule has 2 heterocycles. The van der Waals surface area contributed by atoms with E-state index in [-0.39, 0.29) is 0 Å². The average molecular weight is 281 g/mol. The maximum Gasteiger partial charge on any atom is 0.309 e. The molecule has 0 spiro atoms. The third-order valence-electron chi connectivity index (χ3n) is 4.71. The highest BCUT2D eigenvalue weighted by molar-refractivity contribution is 7.10. The molecule has 106 valence electrons. The number of aryl methyl sites for hydroxylation is 1. The topological polar surface area (TPSA) is 40.5 Å². The van der Waals surface area contributed by atoms with Crippen LogP contribution in [0.5, 0.6) is 0 Å². The van der Waals surface area contributed by atoms with Gasteiger partial charge in [0.15, 0.2) is 0 Å². The lowest BCUT2D eigenvalue weighted by Gasteiger charge is -2.40. The number of likely N-dealkylation sites (tertiary alicyclic amines) is 1. The number of thiophene rings is 1. The normalized spacial score (nSPS) is 21.2. The molecule has 0 amide bonds. The molecule has 1 aliphatic heterocycles. The van der Waals surface area contributed by atoms with Crippen molar-refractivity contribution in [2.24, 2.45) is 5.41 Å². The van der Waals surface area contributed by atoms with E-state index in [0.717, 1.165) is 32.4 Å². The van der Waals surface area contributed by atoms with Crippen LogP contribution in [-0.4, -0.2) is 29.1 Å². The maximum atomic E-state index is 11.5. The first-order chi connectivity index (χ1) is 9.00. The van der Waals surface area contributed by atoms with Crippen LogP contribution < -0.4 is 0 Å². The van der Waals surface area contributed by atoms with Gasteiger partial charge in [-0.25, -0.2) is 0 Å². The summed E-state index contributed by atoms with van der Waals surface area (Å²) in [6.45, 7) is 8.16. The quantitative estimate of drug-likeness (QED) is 0.915. The van der Waals surface area contributed by atoms with Gasteiger partial charge in [-0.05, 0) is 63.2 Å². The Balaban J connectivity index is 2.04. The zero-order valence-corrected chi connectivity index (χ0v) is 12.8. The van der Waals surface area contributed by atoms with Crippen molar-refractivity contribution < 1.29 is 9.90 Å². The van der Waals surface area contributed by atoms with Crippen LogP contribution in [0.3, 0.4) is 0 Å². The van der Waals surface area contributed by atoms with Crippen LogP contribution in [0.1, 0.15) is 49.6 Å². The van der Waals surface area contributed by atoms with Gasteiger partial charge in [0.2, 0.25) is 0 Å². The molecule has 1 unspecified atom stereocenters. The second-order valence-corrected chi connectivity index (χ2v) is 6.57. The van der Waals surface area contributed by atoms with Crippen LogP contribution in [0.15, 0.2) is 11.4 Å². The number of hydrogen-bond donors (Lipinski definition) is 1. The second kappa shape index (κ2) is 5.63. The van der Waals surface area contributed by atoms with Gasteiger partial charge >= 0.3 is 5.97 Å². The molecule has 1 atom stereocenters. The summed E-state index contributed by atoms with van der Waals surface area (Å²) in [5.74, 6) is -0.616. The van der Waals surface area contributed by atoms with E-state index in [1.165, 1.54) is 10.4 Å². The molecule has 1 aliphatic rings. The Kier molecular flexibility index (Phi) is 4.31. The SMILES string of the molecule is CCC1(C(=O)O)CCN(C(C)c2sccc2C)CC1. The average Bonchev–Trinajstić information content (AvgIpc) is 2.84. The van der Waals surface area contributed by atoms with Crippen LogP contribution in [-0.2, 0) is 4.79 Å². The molecule has 4 heteroatoms. The van der Waals surface area contributed by atoms with E-state index in [9.17, 15) is 9.90 Å². The smallest absolute Gasteiger partial charge is 0.309 e. The highest BCUT2D eigenvalue weighted by Gasteiger charge is 2.40. The molecule has 3 nitrogen and oxygen atoms in total. The number of hydrogen-bond acceptors (Lipinski definition) is 3. The van der Waals surface area contributed by atoms with Gasteiger partial charge in [0.1, 0.15) is 0 Å². The summed E-state index contributed by atoms with van der Waals surface area (Å²) >= 11 is 1.81. The van der Waals surface area contributed by atoms with Crippen molar-refractivity contribution in [2.45, 2.75) is 46.1 Å². The Morgan fingerprint density at radius 3 is 2.58 bits per heavy atom. The Bertz CT molecular complexity index is 447. The molecule has 0 aromatic carbocycles. The summed E-state index contributed by atoms with van der Waals surface area (Å²) in [5.41, 5.74) is 0.865. The van der Waals surface area contributed by atoms with Crippen molar-refractivity contribution in [1.82, 2.24) is 4.90 Å². The van der Waals surface area contributed by atoms with Gasteiger partial charge < -0.3 is 5.11 Å². The van der Waals surface area contributed by atoms with Crippen molar-refractivity contribution in [3.8, 4) is 0 Å². The Morgan fingerprint density at radius 1 is 1.53 bits per heavy atom. The minimum atomic E-state index is -0.616. The van der Waals surface area contributed by atoms with Crippen LogP contribution in [0, 0.1) is 12.3 Å². The van der Waals surface area contributed by atoms with Crippen LogP contribution in [0.2, 0.25) is 0 Å². The molecule has 1 fully saturated rings. The molecular weight excluding hydrogens is 258 g/mol. The maximum absolute atomic E-state index is 11.5. The summed E-state index contributed by atoms with van der Waals surface area (Å²) in [6.07, 6.45) is 2.28. The largest absolute Gasteiger partial charge is 0.481 e. The van der Waals surface area contributed by atoms with Gasteiger partial charge in [-0.3, -0.25) is 9.69 Å². The van der Waals surface area contributed by atoms with E-state index >= 15 is 0 Å². The third kappa shape index (κ3) is 2.70. The number of nitrogens with zero attached hydrogens (tertiary/aromatic N) is 1. The molecule has 0 saturated carbocycles. The predicted molar refractivity (Wildman–Crippen MR) is 78.6 cm³/mol. The molecule has 1 saturated heterocycles. The van der Waals surface area contributed by atoms with Gasteiger partial charge in [0.25, 0.3) is 0 Å². The van der Waals surface area contributed by atoms with E-state index in [0.29, 0.717) is 6.04 Å². The van der Waals surface area contributed by atoms with Crippen LogP contribution in [0.4, 0.5) is 0 Å². The van der Waals surface area contributed by atoms with Crippen LogP contribution in [0.25, 0.3) is 0 Å². The summed E-state index contributed by atoms with van der Waals surface area (Å²) in [4.78, 5) is 15.3. The molecular formula is C15H23NO2S. The van der Waals surface area contributed by atoms with Gasteiger partial charge in [-0.2, -0.15) is 0 Å². The molecule has 1 aromatic heterocycles. The molecule has 0 radical (unpaired) electrons. The minimum absolute atomic E-state index is 0.406. The second-order valence-electron chi connectivity index (χ2n) is 5.62. The lowest BCUT2D eigenvalue weighted by molar-refractivity contribution is -0.152. The number of piperidine rings is 1. The highest BCUT2D eigenvalue weighted by atomic mass is 32.1. The molecule has 2 rings (SSSR count). The summed E-state index contributed by atoms with van der Waals surface area (Å²) in [7, 11) is 0. The fourth-order valence-corrected chi connectivity index (χ4v) is 4.05. The number of rotatable bonds is 4. The number of carbonyl (C=O) groups is 1. The van der Waals surface area contributed by atoms with Gasteiger partial charge in [0.05, 0.1) is 5.41 Å². The zero-order chi connectivity index (χ0) is 14.0. The lowest BCUT2D eigenvalue weighted by Crippen LogP contribution is -2.44. The summed E-state index contributed by atoms with van der Waals surface area (Å²) < 4.78 is 0. The van der Waals surface area contributed by atoms with Crippen molar-refractivity contribution in [2.75, 3.05) is 13.1 Å². The molecule has 1 N–H and O–H groups in total. The van der Waals surface area contributed by atoms with E-state index in [1.54, 1.807) is 11.3 Å². The summed E-state index contributed by atoms with van der Waals surface area (Å²) in [5, 5.41) is 11.6.